The van der Waals surface area contributed by atoms with Gasteiger partial charge in [-0.05, 0) is 29.8 Å². The Morgan fingerprint density at radius 2 is 1.95 bits per heavy atom. The molecular formula is C15H16N2O3. The van der Waals surface area contributed by atoms with Crippen LogP contribution in [0.25, 0.3) is 0 Å². The van der Waals surface area contributed by atoms with Gasteiger partial charge in [-0.1, -0.05) is 18.2 Å². The van der Waals surface area contributed by atoms with Gasteiger partial charge >= 0.3 is 0 Å². The Morgan fingerprint density at radius 1 is 1.20 bits per heavy atom. The number of rotatable bonds is 5. The summed E-state index contributed by atoms with van der Waals surface area (Å²) in [6.45, 7) is 0.323. The molecule has 0 aliphatic heterocycles. The molecule has 0 bridgehead atoms. The number of nitrogen functional groups attached to an aromatic ring is 1. The van der Waals surface area contributed by atoms with Crippen LogP contribution in [0.3, 0.4) is 0 Å². The summed E-state index contributed by atoms with van der Waals surface area (Å²) in [6.07, 6.45) is 0. The Bertz CT molecular complexity index is 626. The van der Waals surface area contributed by atoms with Crippen LogP contribution in [0.1, 0.15) is 15.9 Å². The zero-order valence-corrected chi connectivity index (χ0v) is 11.1. The van der Waals surface area contributed by atoms with Crippen molar-refractivity contribution < 1.29 is 14.3 Å². The molecule has 2 aromatic carbocycles. The van der Waals surface area contributed by atoms with E-state index in [2.05, 4.69) is 0 Å². The number of ether oxygens (including phenoxy) is 2. The van der Waals surface area contributed by atoms with E-state index in [1.807, 2.05) is 24.3 Å². The smallest absolute Gasteiger partial charge is 0.250 e. The van der Waals surface area contributed by atoms with E-state index in [0.717, 1.165) is 11.3 Å². The maximum atomic E-state index is 11.2. The maximum absolute atomic E-state index is 11.2. The molecule has 0 saturated heterocycles. The van der Waals surface area contributed by atoms with Crippen molar-refractivity contribution in [2.24, 2.45) is 5.73 Å². The zero-order valence-electron chi connectivity index (χ0n) is 11.1. The average Bonchev–Trinajstić information content (AvgIpc) is 2.46. The Morgan fingerprint density at radius 3 is 2.65 bits per heavy atom. The van der Waals surface area contributed by atoms with Gasteiger partial charge in [0.05, 0.1) is 18.4 Å². The fraction of sp³-hybridized carbons (Fsp3) is 0.133. The summed E-state index contributed by atoms with van der Waals surface area (Å²) in [7, 11) is 1.61. The average molecular weight is 272 g/mol. The predicted octanol–water partition coefficient (Wildman–Crippen LogP) is 1.96. The highest BCUT2D eigenvalue weighted by atomic mass is 16.5. The lowest BCUT2D eigenvalue weighted by molar-refractivity contribution is 0.100. The normalized spacial score (nSPS) is 10.1. The largest absolute Gasteiger partial charge is 0.497 e. The van der Waals surface area contributed by atoms with Gasteiger partial charge in [0, 0.05) is 0 Å². The summed E-state index contributed by atoms with van der Waals surface area (Å²) in [5.74, 6) is 0.614. The molecule has 0 fully saturated rings. The van der Waals surface area contributed by atoms with Crippen LogP contribution in [0.15, 0.2) is 42.5 Å². The zero-order chi connectivity index (χ0) is 14.5. The van der Waals surface area contributed by atoms with Crippen LogP contribution in [0.4, 0.5) is 5.69 Å². The number of hydrogen-bond donors (Lipinski definition) is 2. The molecule has 0 unspecified atom stereocenters. The van der Waals surface area contributed by atoms with E-state index in [0.29, 0.717) is 12.4 Å². The molecule has 0 atom stereocenters. The van der Waals surface area contributed by atoms with Crippen molar-refractivity contribution in [2.45, 2.75) is 6.61 Å². The minimum Gasteiger partial charge on any atom is -0.497 e. The maximum Gasteiger partial charge on any atom is 0.250 e. The lowest BCUT2D eigenvalue weighted by Crippen LogP contribution is -2.14. The van der Waals surface area contributed by atoms with Gasteiger partial charge < -0.3 is 20.9 Å². The first-order chi connectivity index (χ1) is 9.61. The van der Waals surface area contributed by atoms with Crippen LogP contribution in [0, 0.1) is 0 Å². The van der Waals surface area contributed by atoms with Gasteiger partial charge in [-0.15, -0.1) is 0 Å². The van der Waals surface area contributed by atoms with Crippen LogP contribution in [0.5, 0.6) is 11.5 Å². The number of methoxy groups -OCH3 is 1. The van der Waals surface area contributed by atoms with Gasteiger partial charge in [0.1, 0.15) is 18.1 Å². The Balaban J connectivity index is 2.14. The van der Waals surface area contributed by atoms with Crippen LogP contribution in [-0.2, 0) is 6.61 Å². The molecule has 5 heteroatoms. The Labute approximate surface area is 117 Å². The molecule has 1 amide bonds. The second-order valence-corrected chi connectivity index (χ2v) is 4.22. The number of carbonyl (C=O) groups excluding carboxylic acids is 1. The quantitative estimate of drug-likeness (QED) is 0.814. The molecule has 0 saturated carbocycles. The van der Waals surface area contributed by atoms with E-state index in [9.17, 15) is 4.79 Å². The van der Waals surface area contributed by atoms with E-state index < -0.39 is 5.91 Å². The number of amides is 1. The minimum absolute atomic E-state index is 0.253. The summed E-state index contributed by atoms with van der Waals surface area (Å²) < 4.78 is 10.8. The Hall–Kier alpha value is -2.69. The van der Waals surface area contributed by atoms with Crippen molar-refractivity contribution in [1.29, 1.82) is 0 Å². The van der Waals surface area contributed by atoms with Gasteiger partial charge in [0.15, 0.2) is 0 Å². The summed E-state index contributed by atoms with van der Waals surface area (Å²) in [4.78, 5) is 11.2. The molecule has 4 N–H and O–H groups in total. The van der Waals surface area contributed by atoms with Crippen LogP contribution in [0.2, 0.25) is 0 Å². The van der Waals surface area contributed by atoms with Crippen molar-refractivity contribution in [3.05, 3.63) is 53.6 Å². The van der Waals surface area contributed by atoms with E-state index in [1.54, 1.807) is 25.3 Å². The number of hydrogen-bond acceptors (Lipinski definition) is 4. The van der Waals surface area contributed by atoms with Crippen LogP contribution in [-0.4, -0.2) is 13.0 Å². The second kappa shape index (κ2) is 5.97. The van der Waals surface area contributed by atoms with E-state index in [4.69, 9.17) is 20.9 Å². The molecular weight excluding hydrogens is 256 g/mol. The van der Waals surface area contributed by atoms with E-state index in [1.165, 1.54) is 0 Å². The number of carbonyl (C=O) groups is 1. The first kappa shape index (κ1) is 13.7. The summed E-state index contributed by atoms with van der Waals surface area (Å²) in [5, 5.41) is 0. The third-order valence-electron chi connectivity index (χ3n) is 2.86. The fourth-order valence-electron chi connectivity index (χ4n) is 1.81. The highest BCUT2D eigenvalue weighted by Crippen LogP contribution is 2.26. The molecule has 2 aromatic rings. The van der Waals surface area contributed by atoms with Gasteiger partial charge in [-0.25, -0.2) is 0 Å². The lowest BCUT2D eigenvalue weighted by atomic mass is 10.1. The van der Waals surface area contributed by atoms with Crippen molar-refractivity contribution >= 4 is 11.6 Å². The van der Waals surface area contributed by atoms with Crippen molar-refractivity contribution in [3.63, 3.8) is 0 Å². The molecule has 5 nitrogen and oxygen atoms in total. The molecule has 0 radical (unpaired) electrons. The lowest BCUT2D eigenvalue weighted by Gasteiger charge is -2.11. The number of nitrogens with two attached hydrogens (primary N) is 2. The number of primary amides is 1. The van der Waals surface area contributed by atoms with Crippen molar-refractivity contribution in [2.75, 3.05) is 12.8 Å². The van der Waals surface area contributed by atoms with Gasteiger partial charge in [0.25, 0.3) is 5.91 Å². The first-order valence-corrected chi connectivity index (χ1v) is 6.06. The molecule has 104 valence electrons. The monoisotopic (exact) mass is 272 g/mol. The number of anilines is 1. The van der Waals surface area contributed by atoms with E-state index >= 15 is 0 Å². The first-order valence-electron chi connectivity index (χ1n) is 6.06. The van der Waals surface area contributed by atoms with Crippen LogP contribution >= 0.6 is 0 Å². The second-order valence-electron chi connectivity index (χ2n) is 4.22. The fourth-order valence-corrected chi connectivity index (χ4v) is 1.81. The molecule has 20 heavy (non-hydrogen) atoms. The summed E-state index contributed by atoms with van der Waals surface area (Å²) >= 11 is 0. The SMILES string of the molecule is COc1cccc(COc2cccc(C(N)=O)c2N)c1. The van der Waals surface area contributed by atoms with Gasteiger partial charge in [-0.3, -0.25) is 4.79 Å². The molecule has 0 heterocycles. The third kappa shape index (κ3) is 3.00. The Kier molecular flexibility index (Phi) is 4.10. The van der Waals surface area contributed by atoms with Gasteiger partial charge in [0.2, 0.25) is 0 Å². The van der Waals surface area contributed by atoms with Gasteiger partial charge in [-0.2, -0.15) is 0 Å². The van der Waals surface area contributed by atoms with E-state index in [-0.39, 0.29) is 11.3 Å². The molecule has 2 rings (SSSR count). The number of para-hydroxylation sites is 1. The standard InChI is InChI=1S/C15H16N2O3/c1-19-11-5-2-4-10(8-11)9-20-13-7-3-6-12(14(13)16)15(17)18/h2-8H,9,16H2,1H3,(H2,17,18). The summed E-state index contributed by atoms with van der Waals surface area (Å²) in [5.41, 5.74) is 12.5. The summed E-state index contributed by atoms with van der Waals surface area (Å²) in [6, 6.07) is 12.5. The molecule has 0 aromatic heterocycles. The molecule has 0 aliphatic carbocycles. The molecule has 0 spiro atoms. The highest BCUT2D eigenvalue weighted by Gasteiger charge is 2.10. The predicted molar refractivity (Wildman–Crippen MR) is 76.7 cm³/mol. The minimum atomic E-state index is -0.575. The van der Waals surface area contributed by atoms with Crippen molar-refractivity contribution in [1.82, 2.24) is 0 Å². The third-order valence-corrected chi connectivity index (χ3v) is 2.86. The number of benzene rings is 2. The highest BCUT2D eigenvalue weighted by molar-refractivity contribution is 5.99. The van der Waals surface area contributed by atoms with Crippen molar-refractivity contribution in [3.8, 4) is 11.5 Å². The van der Waals surface area contributed by atoms with Crippen LogP contribution < -0.4 is 20.9 Å². The molecule has 0 aliphatic rings. The topological polar surface area (TPSA) is 87.6 Å².